The minimum Gasteiger partial charge on any atom is -0.381 e. The smallest absolute Gasteiger partial charge is 0.0971 e. The monoisotopic (exact) mass is 130 g/mol. The van der Waals surface area contributed by atoms with E-state index >= 15 is 0 Å². The minimum absolute atomic E-state index is 0.134. The second-order valence-corrected chi connectivity index (χ2v) is 3.08. The molecule has 0 amide bonds. The van der Waals surface area contributed by atoms with Gasteiger partial charge in [0.2, 0.25) is 0 Å². The Bertz CT molecular complexity index is 103. The van der Waals surface area contributed by atoms with Gasteiger partial charge in [-0.2, -0.15) is 0 Å². The molecule has 1 rings (SSSR count). The van der Waals surface area contributed by atoms with E-state index in [9.17, 15) is 0 Å². The van der Waals surface area contributed by atoms with Crippen molar-refractivity contribution in [3.05, 3.63) is 0 Å². The third kappa shape index (κ3) is 1.23. The summed E-state index contributed by atoms with van der Waals surface area (Å²) >= 11 is 0. The van der Waals surface area contributed by atoms with Crippen molar-refractivity contribution in [2.75, 3.05) is 19.9 Å². The lowest BCUT2D eigenvalue weighted by atomic mass is 10.1. The first-order chi connectivity index (χ1) is 4.17. The van der Waals surface area contributed by atoms with Crippen molar-refractivity contribution in [2.45, 2.75) is 19.4 Å². The van der Waals surface area contributed by atoms with E-state index in [1.165, 1.54) is 0 Å². The van der Waals surface area contributed by atoms with Gasteiger partial charge in [0.1, 0.15) is 0 Å². The van der Waals surface area contributed by atoms with Crippen molar-refractivity contribution in [3.8, 4) is 0 Å². The van der Waals surface area contributed by atoms with Gasteiger partial charge in [-0.15, -0.1) is 0 Å². The molecule has 0 radical (unpaired) electrons. The Hall–Kier alpha value is -0.120. The highest BCUT2D eigenvalue weighted by atomic mass is 16.3. The van der Waals surface area contributed by atoms with Crippen LogP contribution in [0.1, 0.15) is 13.8 Å². The standard InChI is InChI=1S/C6H14N2O/c1-6(2)3-7-4-8(6)5-9/h7,9H,3-5H2,1-2H3. The molecule has 1 aliphatic heterocycles. The average Bonchev–Trinajstić information content (AvgIpc) is 2.08. The van der Waals surface area contributed by atoms with Crippen LogP contribution in [-0.2, 0) is 0 Å². The number of aliphatic hydroxyl groups is 1. The van der Waals surface area contributed by atoms with Crippen molar-refractivity contribution in [3.63, 3.8) is 0 Å². The highest BCUT2D eigenvalue weighted by molar-refractivity contribution is 4.87. The van der Waals surface area contributed by atoms with Gasteiger partial charge in [-0.1, -0.05) is 0 Å². The quantitative estimate of drug-likeness (QED) is 0.506. The molecule has 0 aliphatic carbocycles. The maximum absolute atomic E-state index is 8.79. The fourth-order valence-electron chi connectivity index (χ4n) is 1.06. The van der Waals surface area contributed by atoms with Crippen LogP contribution in [0.4, 0.5) is 0 Å². The van der Waals surface area contributed by atoms with E-state index in [2.05, 4.69) is 19.2 Å². The lowest BCUT2D eigenvalue weighted by Gasteiger charge is -2.27. The summed E-state index contributed by atoms with van der Waals surface area (Å²) in [6.07, 6.45) is 0. The summed E-state index contributed by atoms with van der Waals surface area (Å²) in [5.74, 6) is 0. The molecule has 0 saturated carbocycles. The molecule has 1 heterocycles. The van der Waals surface area contributed by atoms with Gasteiger partial charge in [0, 0.05) is 12.1 Å². The SMILES string of the molecule is CC1(C)CNCN1CO. The Kier molecular flexibility index (Phi) is 1.75. The summed E-state index contributed by atoms with van der Waals surface area (Å²) in [7, 11) is 0. The summed E-state index contributed by atoms with van der Waals surface area (Å²) in [6.45, 7) is 6.16. The van der Waals surface area contributed by atoms with Crippen LogP contribution in [0.25, 0.3) is 0 Å². The maximum atomic E-state index is 8.79. The number of aliphatic hydroxyl groups excluding tert-OH is 1. The van der Waals surface area contributed by atoms with Crippen LogP contribution >= 0.6 is 0 Å². The summed E-state index contributed by atoms with van der Waals surface area (Å²) in [6, 6.07) is 0. The van der Waals surface area contributed by atoms with Crippen LogP contribution in [0.3, 0.4) is 0 Å². The Morgan fingerprint density at radius 2 is 2.33 bits per heavy atom. The van der Waals surface area contributed by atoms with Crippen LogP contribution < -0.4 is 5.32 Å². The normalized spacial score (nSPS) is 27.0. The highest BCUT2D eigenvalue weighted by Gasteiger charge is 2.30. The maximum Gasteiger partial charge on any atom is 0.0971 e. The number of hydrogen-bond donors (Lipinski definition) is 2. The summed E-state index contributed by atoms with van der Waals surface area (Å²) in [5.41, 5.74) is 0.134. The number of rotatable bonds is 1. The number of hydrogen-bond acceptors (Lipinski definition) is 3. The molecule has 1 fully saturated rings. The molecular formula is C6H14N2O. The summed E-state index contributed by atoms with van der Waals surface area (Å²) in [4.78, 5) is 1.99. The van der Waals surface area contributed by atoms with Crippen molar-refractivity contribution >= 4 is 0 Å². The fourth-order valence-corrected chi connectivity index (χ4v) is 1.06. The molecule has 0 atom stereocenters. The average molecular weight is 130 g/mol. The first-order valence-corrected chi connectivity index (χ1v) is 3.23. The first kappa shape index (κ1) is 6.99. The molecule has 9 heavy (non-hydrogen) atoms. The Balaban J connectivity index is 2.52. The van der Waals surface area contributed by atoms with Gasteiger partial charge in [-0.25, -0.2) is 0 Å². The van der Waals surface area contributed by atoms with Crippen LogP contribution in [-0.4, -0.2) is 35.5 Å². The van der Waals surface area contributed by atoms with Gasteiger partial charge in [-0.3, -0.25) is 4.90 Å². The highest BCUT2D eigenvalue weighted by Crippen LogP contribution is 2.15. The van der Waals surface area contributed by atoms with Crippen molar-refractivity contribution < 1.29 is 5.11 Å². The predicted octanol–water partition coefficient (Wildman–Crippen LogP) is -0.422. The van der Waals surface area contributed by atoms with E-state index in [0.29, 0.717) is 0 Å². The second-order valence-electron chi connectivity index (χ2n) is 3.08. The Morgan fingerprint density at radius 1 is 1.67 bits per heavy atom. The van der Waals surface area contributed by atoms with E-state index < -0.39 is 0 Å². The van der Waals surface area contributed by atoms with E-state index in [4.69, 9.17) is 5.11 Å². The van der Waals surface area contributed by atoms with E-state index in [1.54, 1.807) is 0 Å². The van der Waals surface area contributed by atoms with Crippen LogP contribution in [0.2, 0.25) is 0 Å². The van der Waals surface area contributed by atoms with E-state index in [0.717, 1.165) is 13.2 Å². The molecule has 0 spiro atoms. The Morgan fingerprint density at radius 3 is 2.56 bits per heavy atom. The largest absolute Gasteiger partial charge is 0.381 e. The van der Waals surface area contributed by atoms with Gasteiger partial charge in [0.05, 0.1) is 13.4 Å². The van der Waals surface area contributed by atoms with Crippen molar-refractivity contribution in [1.82, 2.24) is 10.2 Å². The molecule has 0 aromatic heterocycles. The van der Waals surface area contributed by atoms with Crippen LogP contribution in [0.15, 0.2) is 0 Å². The van der Waals surface area contributed by atoms with Gasteiger partial charge < -0.3 is 10.4 Å². The third-order valence-electron chi connectivity index (χ3n) is 1.89. The predicted molar refractivity (Wildman–Crippen MR) is 35.9 cm³/mol. The van der Waals surface area contributed by atoms with E-state index in [1.807, 2.05) is 4.90 Å². The topological polar surface area (TPSA) is 35.5 Å². The zero-order valence-electron chi connectivity index (χ0n) is 6.02. The zero-order chi connectivity index (χ0) is 6.91. The molecule has 2 N–H and O–H groups in total. The van der Waals surface area contributed by atoms with Crippen LogP contribution in [0, 0.1) is 0 Å². The third-order valence-corrected chi connectivity index (χ3v) is 1.89. The fraction of sp³-hybridized carbons (Fsp3) is 1.00. The van der Waals surface area contributed by atoms with Gasteiger partial charge >= 0.3 is 0 Å². The summed E-state index contributed by atoms with van der Waals surface area (Å²) < 4.78 is 0. The van der Waals surface area contributed by atoms with Crippen LogP contribution in [0.5, 0.6) is 0 Å². The molecule has 1 saturated heterocycles. The zero-order valence-corrected chi connectivity index (χ0v) is 6.02. The molecule has 3 nitrogen and oxygen atoms in total. The Labute approximate surface area is 55.7 Å². The molecule has 3 heteroatoms. The molecule has 1 aliphatic rings. The molecule has 0 bridgehead atoms. The number of nitrogens with one attached hydrogen (secondary N) is 1. The minimum atomic E-state index is 0.134. The van der Waals surface area contributed by atoms with Gasteiger partial charge in [-0.05, 0) is 13.8 Å². The molecule has 0 aromatic rings. The molecular weight excluding hydrogens is 116 g/mol. The van der Waals surface area contributed by atoms with E-state index in [-0.39, 0.29) is 12.3 Å². The molecule has 0 aromatic carbocycles. The molecule has 0 unspecified atom stereocenters. The number of nitrogens with zero attached hydrogens (tertiary/aromatic N) is 1. The second kappa shape index (κ2) is 2.25. The van der Waals surface area contributed by atoms with Crippen molar-refractivity contribution in [2.24, 2.45) is 0 Å². The van der Waals surface area contributed by atoms with Gasteiger partial charge in [0.25, 0.3) is 0 Å². The lowest BCUT2D eigenvalue weighted by molar-refractivity contribution is 0.0607. The molecule has 54 valence electrons. The van der Waals surface area contributed by atoms with Gasteiger partial charge in [0.15, 0.2) is 0 Å². The van der Waals surface area contributed by atoms with Crippen molar-refractivity contribution in [1.29, 1.82) is 0 Å². The lowest BCUT2D eigenvalue weighted by Crippen LogP contribution is -2.40. The summed E-state index contributed by atoms with van der Waals surface area (Å²) in [5, 5.41) is 12.0. The first-order valence-electron chi connectivity index (χ1n) is 3.23.